The van der Waals surface area contributed by atoms with Crippen LogP contribution in [0.5, 0.6) is 0 Å². The van der Waals surface area contributed by atoms with Gasteiger partial charge in [-0.05, 0) is 61.4 Å². The lowest BCUT2D eigenvalue weighted by atomic mass is 10.3. The van der Waals surface area contributed by atoms with Gasteiger partial charge in [-0.15, -0.1) is 0 Å². The molecule has 0 amide bonds. The summed E-state index contributed by atoms with van der Waals surface area (Å²) in [6, 6.07) is 20.2. The van der Waals surface area contributed by atoms with Gasteiger partial charge in [0.15, 0.2) is 0 Å². The molecule has 1 aliphatic rings. The van der Waals surface area contributed by atoms with Gasteiger partial charge in [0.25, 0.3) is 0 Å². The molecule has 3 aromatic rings. The van der Waals surface area contributed by atoms with E-state index in [-0.39, 0.29) is 4.90 Å². The molecule has 29 heavy (non-hydrogen) atoms. The summed E-state index contributed by atoms with van der Waals surface area (Å²) in [6.45, 7) is 1.16. The van der Waals surface area contributed by atoms with Crippen LogP contribution in [0.15, 0.2) is 88.1 Å². The highest BCUT2D eigenvalue weighted by atomic mass is 32.2. The predicted octanol–water partition coefficient (Wildman–Crippen LogP) is 5.03. The van der Waals surface area contributed by atoms with Crippen molar-refractivity contribution in [2.75, 3.05) is 18.4 Å². The summed E-state index contributed by atoms with van der Waals surface area (Å²) in [7, 11) is -3.44. The molecule has 2 aromatic carbocycles. The van der Waals surface area contributed by atoms with Crippen LogP contribution in [0.3, 0.4) is 0 Å². The summed E-state index contributed by atoms with van der Waals surface area (Å²) >= 11 is 0. The molecule has 1 aliphatic heterocycles. The zero-order chi connectivity index (χ0) is 20.1. The third kappa shape index (κ3) is 4.67. The van der Waals surface area contributed by atoms with Crippen LogP contribution in [0, 0.1) is 0 Å². The highest BCUT2D eigenvalue weighted by Crippen LogP contribution is 2.24. The molecular weight excluding hydrogens is 386 g/mol. The summed E-state index contributed by atoms with van der Waals surface area (Å²) < 4.78 is 26.6. The molecule has 0 spiro atoms. The van der Waals surface area contributed by atoms with Gasteiger partial charge in [0, 0.05) is 25.0 Å². The first-order chi connectivity index (χ1) is 14.1. The largest absolute Gasteiger partial charge is 0.340 e. The number of aromatic nitrogens is 1. The minimum atomic E-state index is -3.44. The highest BCUT2D eigenvalue weighted by molar-refractivity contribution is 7.89. The second-order valence-corrected chi connectivity index (χ2v) is 8.64. The van der Waals surface area contributed by atoms with Crippen LogP contribution in [-0.2, 0) is 10.0 Å². The molecule has 8 heteroatoms. The first-order valence-electron chi connectivity index (χ1n) is 9.41. The van der Waals surface area contributed by atoms with Crippen molar-refractivity contribution in [1.29, 1.82) is 0 Å². The molecule has 1 fully saturated rings. The molecule has 1 saturated heterocycles. The van der Waals surface area contributed by atoms with Crippen LogP contribution in [0.2, 0.25) is 0 Å². The molecule has 0 atom stereocenters. The molecule has 0 bridgehead atoms. The van der Waals surface area contributed by atoms with Crippen LogP contribution in [0.4, 0.5) is 22.9 Å². The van der Waals surface area contributed by atoms with Gasteiger partial charge in [-0.3, -0.25) is 0 Å². The van der Waals surface area contributed by atoms with Gasteiger partial charge in [-0.2, -0.15) is 14.5 Å². The Labute approximate surface area is 170 Å². The van der Waals surface area contributed by atoms with Crippen molar-refractivity contribution in [1.82, 2.24) is 9.29 Å². The van der Waals surface area contributed by atoms with Crippen LogP contribution in [0.1, 0.15) is 12.8 Å². The van der Waals surface area contributed by atoms with Crippen molar-refractivity contribution in [3.8, 4) is 0 Å². The molecule has 1 N–H and O–H groups in total. The second kappa shape index (κ2) is 8.50. The zero-order valence-corrected chi connectivity index (χ0v) is 16.6. The van der Waals surface area contributed by atoms with E-state index in [0.29, 0.717) is 18.9 Å². The molecule has 148 valence electrons. The number of benzene rings is 2. The normalized spacial score (nSPS) is 15.0. The number of pyridine rings is 1. The van der Waals surface area contributed by atoms with E-state index < -0.39 is 10.0 Å². The van der Waals surface area contributed by atoms with Crippen molar-refractivity contribution in [3.05, 3.63) is 72.9 Å². The van der Waals surface area contributed by atoms with E-state index in [0.717, 1.165) is 29.9 Å². The Morgan fingerprint density at radius 1 is 0.828 bits per heavy atom. The maximum Gasteiger partial charge on any atom is 0.244 e. The number of rotatable bonds is 6. The molecule has 4 rings (SSSR count). The van der Waals surface area contributed by atoms with Gasteiger partial charge in [0.2, 0.25) is 10.0 Å². The number of hydrogen-bond donors (Lipinski definition) is 1. The number of anilines is 2. The van der Waals surface area contributed by atoms with Crippen molar-refractivity contribution < 1.29 is 8.42 Å². The summed E-state index contributed by atoms with van der Waals surface area (Å²) in [5.74, 6) is 0.573. The first kappa shape index (κ1) is 19.2. The molecule has 0 unspecified atom stereocenters. The minimum Gasteiger partial charge on any atom is -0.340 e. The van der Waals surface area contributed by atoms with E-state index in [9.17, 15) is 8.42 Å². The number of azo groups is 1. The van der Waals surface area contributed by atoms with Crippen LogP contribution >= 0.6 is 0 Å². The number of sulfonamides is 1. The summed E-state index contributed by atoms with van der Waals surface area (Å²) in [5.41, 5.74) is 2.36. The van der Waals surface area contributed by atoms with E-state index >= 15 is 0 Å². The lowest BCUT2D eigenvalue weighted by Gasteiger charge is -2.15. The summed E-state index contributed by atoms with van der Waals surface area (Å²) in [6.07, 6.45) is 3.22. The van der Waals surface area contributed by atoms with E-state index in [2.05, 4.69) is 20.5 Å². The fourth-order valence-corrected chi connectivity index (χ4v) is 4.52. The van der Waals surface area contributed by atoms with Crippen molar-refractivity contribution in [2.24, 2.45) is 10.2 Å². The maximum atomic E-state index is 12.6. The van der Waals surface area contributed by atoms with Gasteiger partial charge in [-0.1, -0.05) is 18.2 Å². The van der Waals surface area contributed by atoms with Gasteiger partial charge in [0.05, 0.1) is 11.4 Å². The maximum absolute atomic E-state index is 12.6. The Kier molecular flexibility index (Phi) is 5.64. The highest BCUT2D eigenvalue weighted by Gasteiger charge is 2.27. The number of nitrogens with zero attached hydrogens (tertiary/aromatic N) is 4. The van der Waals surface area contributed by atoms with Crippen molar-refractivity contribution >= 4 is 32.9 Å². The number of nitrogens with one attached hydrogen (secondary N) is 1. The predicted molar refractivity (Wildman–Crippen MR) is 113 cm³/mol. The van der Waals surface area contributed by atoms with Crippen LogP contribution < -0.4 is 5.32 Å². The zero-order valence-electron chi connectivity index (χ0n) is 15.8. The molecular formula is C21H21N5O2S. The number of hydrogen-bond acceptors (Lipinski definition) is 6. The Balaban J connectivity index is 1.41. The van der Waals surface area contributed by atoms with Gasteiger partial charge in [0.1, 0.15) is 10.7 Å². The standard InChI is InChI=1S/C21H21N5O2S/c27-29(28,26-14-4-5-15-26)20-12-13-21(22-16-20)23-17-8-10-19(11-9-17)25-24-18-6-2-1-3-7-18/h1-3,6-13,16H,4-5,14-15H2,(H,22,23). The van der Waals surface area contributed by atoms with Crippen LogP contribution in [-0.4, -0.2) is 30.8 Å². The van der Waals surface area contributed by atoms with E-state index in [1.54, 1.807) is 12.1 Å². The van der Waals surface area contributed by atoms with E-state index in [4.69, 9.17) is 0 Å². The Hall–Kier alpha value is -3.10. The van der Waals surface area contributed by atoms with Gasteiger partial charge >= 0.3 is 0 Å². The van der Waals surface area contributed by atoms with Crippen molar-refractivity contribution in [3.63, 3.8) is 0 Å². The van der Waals surface area contributed by atoms with Crippen LogP contribution in [0.25, 0.3) is 0 Å². The molecule has 1 aromatic heterocycles. The third-order valence-electron chi connectivity index (χ3n) is 4.62. The fraction of sp³-hybridized carbons (Fsp3) is 0.190. The Morgan fingerprint density at radius 3 is 2.10 bits per heavy atom. The van der Waals surface area contributed by atoms with E-state index in [1.165, 1.54) is 10.5 Å². The van der Waals surface area contributed by atoms with Gasteiger partial charge < -0.3 is 5.32 Å². The van der Waals surface area contributed by atoms with Crippen molar-refractivity contribution in [2.45, 2.75) is 17.7 Å². The minimum absolute atomic E-state index is 0.224. The smallest absolute Gasteiger partial charge is 0.244 e. The molecule has 2 heterocycles. The summed E-state index contributed by atoms with van der Waals surface area (Å²) in [4.78, 5) is 4.47. The van der Waals surface area contributed by atoms with E-state index in [1.807, 2.05) is 54.6 Å². The average molecular weight is 407 g/mol. The fourth-order valence-electron chi connectivity index (χ4n) is 3.05. The molecule has 0 aliphatic carbocycles. The lowest BCUT2D eigenvalue weighted by Crippen LogP contribution is -2.27. The van der Waals surface area contributed by atoms with Gasteiger partial charge in [-0.25, -0.2) is 13.4 Å². The molecule has 7 nitrogen and oxygen atoms in total. The third-order valence-corrected chi connectivity index (χ3v) is 6.50. The topological polar surface area (TPSA) is 87.0 Å². The molecule has 0 saturated carbocycles. The average Bonchev–Trinajstić information content (AvgIpc) is 3.30. The second-order valence-electron chi connectivity index (χ2n) is 6.70. The Morgan fingerprint density at radius 2 is 1.48 bits per heavy atom. The summed E-state index contributed by atoms with van der Waals surface area (Å²) in [5, 5.41) is 11.6. The lowest BCUT2D eigenvalue weighted by molar-refractivity contribution is 0.477. The SMILES string of the molecule is O=S(=O)(c1ccc(Nc2ccc(N=Nc3ccccc3)cc2)nc1)N1CCCC1. The quantitative estimate of drug-likeness (QED) is 0.581. The Bertz CT molecular complexity index is 1080. The first-order valence-corrected chi connectivity index (χ1v) is 10.9. The molecule has 0 radical (unpaired) electrons. The monoisotopic (exact) mass is 407 g/mol.